The van der Waals surface area contributed by atoms with Crippen LogP contribution in [0.1, 0.15) is 104 Å². The monoisotopic (exact) mass is 534 g/mol. The number of hydrogen-bond acceptors (Lipinski definition) is 6. The Hall–Kier alpha value is -1.95. The molecule has 1 rings (SSSR count). The highest BCUT2D eigenvalue weighted by Gasteiger charge is 2.32. The fraction of sp³-hybridized carbons (Fsp3) is 0.677. The van der Waals surface area contributed by atoms with Gasteiger partial charge in [-0.2, -0.15) is 11.8 Å². The number of benzene rings is 1. The summed E-state index contributed by atoms with van der Waals surface area (Å²) in [6, 6.07) is 4.30. The van der Waals surface area contributed by atoms with E-state index < -0.39 is 5.97 Å². The van der Waals surface area contributed by atoms with E-state index in [0.29, 0.717) is 36.9 Å². The second-order valence-corrected chi connectivity index (χ2v) is 13.3. The fourth-order valence-corrected chi connectivity index (χ4v) is 5.08. The Labute approximate surface area is 229 Å². The lowest BCUT2D eigenvalue weighted by Crippen LogP contribution is -2.31. The molecule has 0 aliphatic heterocycles. The normalized spacial score (nSPS) is 13.6. The number of carbonyl (C=O) groups is 2. The molecule has 210 valence electrons. The Bertz CT molecular complexity index is 859. The van der Waals surface area contributed by atoms with E-state index in [1.54, 1.807) is 11.8 Å². The summed E-state index contributed by atoms with van der Waals surface area (Å²) in [4.78, 5) is 23.6. The molecule has 1 N–H and O–H groups in total. The number of aromatic hydroxyl groups is 1. The third-order valence-electron chi connectivity index (χ3n) is 6.80. The van der Waals surface area contributed by atoms with Gasteiger partial charge in [0.05, 0.1) is 13.0 Å². The number of rotatable bonds is 15. The molecule has 0 aromatic heterocycles. The van der Waals surface area contributed by atoms with E-state index in [4.69, 9.17) is 9.47 Å². The minimum Gasteiger partial charge on any atom is -0.507 e. The van der Waals surface area contributed by atoms with Gasteiger partial charge >= 0.3 is 11.9 Å². The molecule has 0 saturated heterocycles. The van der Waals surface area contributed by atoms with Crippen LogP contribution in [0.3, 0.4) is 0 Å². The standard InChI is InChI=1S/C31H50O5S/c1-10-13-15-31(12-3,22-36-27(33)14-17-37-18-16-35-26(32)11-2)21-23-19-24(29(4,5)6)28(34)25(20-23)30(7,8)9/h11,19-20,34H,2,10,12-18,21-22H2,1,3-9H3. The Kier molecular flexibility index (Phi) is 13.3. The number of hydrogen-bond donors (Lipinski definition) is 1. The zero-order valence-corrected chi connectivity index (χ0v) is 25.3. The number of unbranched alkanes of at least 4 members (excludes halogenated alkanes) is 1. The molecule has 5 nitrogen and oxygen atoms in total. The Morgan fingerprint density at radius 2 is 1.59 bits per heavy atom. The molecule has 0 aliphatic rings. The van der Waals surface area contributed by atoms with Gasteiger partial charge in [0.25, 0.3) is 0 Å². The predicted octanol–water partition coefficient (Wildman–Crippen LogP) is 7.51. The first-order chi connectivity index (χ1) is 17.2. The highest BCUT2D eigenvalue weighted by Crippen LogP contribution is 2.42. The minimum atomic E-state index is -0.430. The molecule has 0 amide bonds. The summed E-state index contributed by atoms with van der Waals surface area (Å²) in [6.45, 7) is 21.2. The first-order valence-electron chi connectivity index (χ1n) is 13.6. The Morgan fingerprint density at radius 1 is 1.00 bits per heavy atom. The largest absolute Gasteiger partial charge is 0.507 e. The molecule has 0 bridgehead atoms. The number of esters is 2. The Balaban J connectivity index is 3.00. The van der Waals surface area contributed by atoms with Gasteiger partial charge in [-0.1, -0.05) is 86.9 Å². The van der Waals surface area contributed by atoms with Crippen LogP contribution in [-0.4, -0.2) is 41.8 Å². The highest BCUT2D eigenvalue weighted by atomic mass is 32.2. The molecule has 0 heterocycles. The van der Waals surface area contributed by atoms with E-state index in [2.05, 4.69) is 74.1 Å². The summed E-state index contributed by atoms with van der Waals surface area (Å²) in [5.41, 5.74) is 2.58. The van der Waals surface area contributed by atoms with Crippen LogP contribution in [0.15, 0.2) is 24.8 Å². The van der Waals surface area contributed by atoms with Gasteiger partial charge in [0.15, 0.2) is 0 Å². The van der Waals surface area contributed by atoms with Crippen LogP contribution in [0.5, 0.6) is 5.75 Å². The van der Waals surface area contributed by atoms with Crippen molar-refractivity contribution < 1.29 is 24.2 Å². The van der Waals surface area contributed by atoms with E-state index >= 15 is 0 Å². The summed E-state index contributed by atoms with van der Waals surface area (Å²) in [7, 11) is 0. The van der Waals surface area contributed by atoms with Gasteiger partial charge in [-0.15, -0.1) is 0 Å². The van der Waals surface area contributed by atoms with E-state index in [9.17, 15) is 14.7 Å². The third kappa shape index (κ3) is 11.1. The molecule has 1 unspecified atom stereocenters. The predicted molar refractivity (Wildman–Crippen MR) is 156 cm³/mol. The summed E-state index contributed by atoms with van der Waals surface area (Å²) in [5.74, 6) is 1.03. The second kappa shape index (κ2) is 14.8. The zero-order chi connectivity index (χ0) is 28.3. The van der Waals surface area contributed by atoms with Crippen LogP contribution in [0.4, 0.5) is 0 Å². The zero-order valence-electron chi connectivity index (χ0n) is 24.5. The van der Waals surface area contributed by atoms with E-state index in [1.165, 1.54) is 5.56 Å². The van der Waals surface area contributed by atoms with Crippen LogP contribution in [0, 0.1) is 5.41 Å². The Morgan fingerprint density at radius 3 is 2.08 bits per heavy atom. The van der Waals surface area contributed by atoms with Crippen LogP contribution >= 0.6 is 11.8 Å². The van der Waals surface area contributed by atoms with Crippen LogP contribution < -0.4 is 0 Å². The van der Waals surface area contributed by atoms with Crippen molar-refractivity contribution in [3.05, 3.63) is 41.5 Å². The van der Waals surface area contributed by atoms with Crippen LogP contribution in [0.2, 0.25) is 0 Å². The number of phenolic OH excluding ortho intramolecular Hbond substituents is 1. The molecule has 37 heavy (non-hydrogen) atoms. The fourth-order valence-electron chi connectivity index (χ4n) is 4.36. The first-order valence-corrected chi connectivity index (χ1v) is 14.7. The number of phenols is 1. The van der Waals surface area contributed by atoms with E-state index in [1.807, 2.05) is 0 Å². The van der Waals surface area contributed by atoms with Crippen LogP contribution in [0.25, 0.3) is 0 Å². The smallest absolute Gasteiger partial charge is 0.330 e. The van der Waals surface area contributed by atoms with Crippen molar-refractivity contribution >= 4 is 23.7 Å². The van der Waals surface area contributed by atoms with Gasteiger partial charge in [0.1, 0.15) is 12.4 Å². The molecule has 0 spiro atoms. The summed E-state index contributed by atoms with van der Waals surface area (Å²) >= 11 is 1.56. The maximum atomic E-state index is 12.6. The van der Waals surface area contributed by atoms with E-state index in [-0.39, 0.29) is 22.2 Å². The van der Waals surface area contributed by atoms with Crippen molar-refractivity contribution in [3.63, 3.8) is 0 Å². The molecular formula is C31H50O5S. The molecule has 0 radical (unpaired) electrons. The molecule has 1 aromatic carbocycles. The number of thioether (sulfide) groups is 1. The van der Waals surface area contributed by atoms with E-state index in [0.717, 1.165) is 49.3 Å². The molecule has 1 atom stereocenters. The van der Waals surface area contributed by atoms with Gasteiger partial charge in [0.2, 0.25) is 0 Å². The molecule has 6 heteroatoms. The highest BCUT2D eigenvalue weighted by molar-refractivity contribution is 7.99. The lowest BCUT2D eigenvalue weighted by molar-refractivity contribution is -0.147. The average Bonchev–Trinajstić information content (AvgIpc) is 2.82. The van der Waals surface area contributed by atoms with Crippen molar-refractivity contribution in [2.24, 2.45) is 5.41 Å². The molecule has 1 aromatic rings. The third-order valence-corrected chi connectivity index (χ3v) is 7.75. The quantitative estimate of drug-likeness (QED) is 0.143. The van der Waals surface area contributed by atoms with Crippen molar-refractivity contribution in [2.75, 3.05) is 24.7 Å². The van der Waals surface area contributed by atoms with Crippen molar-refractivity contribution in [2.45, 2.75) is 105 Å². The number of ether oxygens (including phenoxy) is 2. The molecule has 0 saturated carbocycles. The van der Waals surface area contributed by atoms with Gasteiger partial charge < -0.3 is 14.6 Å². The lowest BCUT2D eigenvalue weighted by atomic mass is 9.73. The summed E-state index contributed by atoms with van der Waals surface area (Å²) in [5, 5.41) is 11.1. The SMILES string of the molecule is C=CC(=O)OCCSCCC(=O)OCC(CC)(CCCC)Cc1cc(C(C)(C)C)c(O)c(C(C)(C)C)c1. The number of carbonyl (C=O) groups excluding carboxylic acids is 2. The summed E-state index contributed by atoms with van der Waals surface area (Å²) < 4.78 is 10.8. The summed E-state index contributed by atoms with van der Waals surface area (Å²) in [6.07, 6.45) is 6.31. The van der Waals surface area contributed by atoms with Crippen molar-refractivity contribution in [1.82, 2.24) is 0 Å². The van der Waals surface area contributed by atoms with Crippen molar-refractivity contribution in [1.29, 1.82) is 0 Å². The maximum Gasteiger partial charge on any atom is 0.330 e. The van der Waals surface area contributed by atoms with Gasteiger partial charge in [-0.05, 0) is 46.8 Å². The van der Waals surface area contributed by atoms with Gasteiger partial charge in [-0.25, -0.2) is 4.79 Å². The minimum absolute atomic E-state index is 0.154. The first kappa shape index (κ1) is 33.1. The van der Waals surface area contributed by atoms with Crippen molar-refractivity contribution in [3.8, 4) is 5.75 Å². The van der Waals surface area contributed by atoms with Gasteiger partial charge in [0, 0.05) is 23.0 Å². The molecule has 0 aliphatic carbocycles. The van der Waals surface area contributed by atoms with Crippen LogP contribution in [-0.2, 0) is 36.3 Å². The molecular weight excluding hydrogens is 484 g/mol. The second-order valence-electron chi connectivity index (χ2n) is 12.1. The lowest BCUT2D eigenvalue weighted by Gasteiger charge is -2.34. The average molecular weight is 535 g/mol. The topological polar surface area (TPSA) is 72.8 Å². The van der Waals surface area contributed by atoms with Gasteiger partial charge in [-0.3, -0.25) is 4.79 Å². The molecule has 0 fully saturated rings. The maximum absolute atomic E-state index is 12.6.